The number of carbonyl (C=O) groups excluding carboxylic acids is 2. The fourth-order valence-corrected chi connectivity index (χ4v) is 3.73. The first kappa shape index (κ1) is 26.7. The van der Waals surface area contributed by atoms with Crippen molar-refractivity contribution in [3.05, 3.63) is 84.1 Å². The van der Waals surface area contributed by atoms with E-state index >= 15 is 0 Å². The predicted molar refractivity (Wildman–Crippen MR) is 142 cm³/mol. The number of hydrazone groups is 1. The molecular formula is C28H34N4O4. The smallest absolute Gasteiger partial charge is 0.408 e. The highest BCUT2D eigenvalue weighted by Gasteiger charge is 2.24. The number of aromatic nitrogens is 1. The Morgan fingerprint density at radius 2 is 1.81 bits per heavy atom. The number of para-hydroxylation sites is 1. The van der Waals surface area contributed by atoms with E-state index in [1.165, 1.54) is 0 Å². The highest BCUT2D eigenvalue weighted by Crippen LogP contribution is 2.24. The van der Waals surface area contributed by atoms with Gasteiger partial charge in [0.15, 0.2) is 0 Å². The van der Waals surface area contributed by atoms with Crippen LogP contribution in [-0.4, -0.2) is 41.0 Å². The second-order valence-corrected chi connectivity index (χ2v) is 9.35. The fraction of sp³-hybridized carbons (Fsp3) is 0.321. The summed E-state index contributed by atoms with van der Waals surface area (Å²) in [6, 6.07) is 16.6. The molecule has 2 aromatic carbocycles. The Morgan fingerprint density at radius 3 is 2.50 bits per heavy atom. The van der Waals surface area contributed by atoms with Crippen LogP contribution in [-0.2, 0) is 27.4 Å². The van der Waals surface area contributed by atoms with Crippen molar-refractivity contribution in [2.75, 3.05) is 6.61 Å². The van der Waals surface area contributed by atoms with E-state index in [-0.39, 0.29) is 6.61 Å². The molecule has 0 radical (unpaired) electrons. The molecule has 0 saturated carbocycles. The minimum atomic E-state index is -0.996. The van der Waals surface area contributed by atoms with Crippen LogP contribution in [0.4, 0.5) is 4.79 Å². The fourth-order valence-electron chi connectivity index (χ4n) is 3.73. The van der Waals surface area contributed by atoms with Gasteiger partial charge < -0.3 is 19.4 Å². The van der Waals surface area contributed by atoms with E-state index in [0.717, 1.165) is 27.7 Å². The van der Waals surface area contributed by atoms with Gasteiger partial charge in [-0.1, -0.05) is 54.6 Å². The van der Waals surface area contributed by atoms with Gasteiger partial charge in [0.25, 0.3) is 5.91 Å². The van der Waals surface area contributed by atoms with Gasteiger partial charge in [-0.25, -0.2) is 10.2 Å². The van der Waals surface area contributed by atoms with Crippen LogP contribution in [0, 0.1) is 6.92 Å². The maximum Gasteiger partial charge on any atom is 0.408 e. The second kappa shape index (κ2) is 12.2. The number of nitrogens with one attached hydrogen (secondary N) is 2. The third-order valence-corrected chi connectivity index (χ3v) is 5.36. The van der Waals surface area contributed by atoms with Crippen LogP contribution in [0.25, 0.3) is 10.9 Å². The van der Waals surface area contributed by atoms with Crippen LogP contribution in [0.3, 0.4) is 0 Å². The number of amides is 2. The van der Waals surface area contributed by atoms with E-state index in [9.17, 15) is 9.59 Å². The average Bonchev–Trinajstić information content (AvgIpc) is 3.09. The summed E-state index contributed by atoms with van der Waals surface area (Å²) in [5.41, 5.74) is 5.74. The van der Waals surface area contributed by atoms with Gasteiger partial charge in [-0.3, -0.25) is 4.79 Å². The van der Waals surface area contributed by atoms with Gasteiger partial charge in [-0.05, 0) is 39.3 Å². The molecule has 3 rings (SSSR count). The monoisotopic (exact) mass is 490 g/mol. The third kappa shape index (κ3) is 7.29. The molecule has 3 aromatic rings. The van der Waals surface area contributed by atoms with Crippen LogP contribution in [0.1, 0.15) is 37.6 Å². The van der Waals surface area contributed by atoms with Crippen LogP contribution in [0.2, 0.25) is 0 Å². The van der Waals surface area contributed by atoms with E-state index in [1.807, 2.05) is 67.6 Å². The molecule has 36 heavy (non-hydrogen) atoms. The van der Waals surface area contributed by atoms with Gasteiger partial charge in [-0.15, -0.1) is 6.58 Å². The van der Waals surface area contributed by atoms with Gasteiger partial charge >= 0.3 is 6.09 Å². The van der Waals surface area contributed by atoms with Gasteiger partial charge in [0.05, 0.1) is 19.4 Å². The Morgan fingerprint density at radius 1 is 1.11 bits per heavy atom. The lowest BCUT2D eigenvalue weighted by molar-refractivity contribution is -0.124. The summed E-state index contributed by atoms with van der Waals surface area (Å²) in [7, 11) is 0. The standard InChI is InChI=1S/C28H34N4O4/c1-6-16-32-20(2)23(22-14-10-11-15-25(22)32)17-29-31-26(33)24(30-27(34)36-28(3,4)5)19-35-18-21-12-8-7-9-13-21/h6-15,17,24H,1,16,18-19H2,2-5H3,(H,30,34)(H,31,33)/b29-17-/t24-/m0/s1. The van der Waals surface area contributed by atoms with Crippen LogP contribution >= 0.6 is 0 Å². The zero-order chi connectivity index (χ0) is 26.1. The summed E-state index contributed by atoms with van der Waals surface area (Å²) in [5, 5.41) is 7.78. The van der Waals surface area contributed by atoms with E-state index in [2.05, 4.69) is 27.0 Å². The van der Waals surface area contributed by atoms with Crippen molar-refractivity contribution < 1.29 is 19.1 Å². The number of alkyl carbamates (subject to hydrolysis) is 1. The molecule has 8 heteroatoms. The lowest BCUT2D eigenvalue weighted by atomic mass is 10.1. The maximum atomic E-state index is 12.9. The van der Waals surface area contributed by atoms with E-state index < -0.39 is 23.6 Å². The zero-order valence-corrected chi connectivity index (χ0v) is 21.3. The number of hydrogen-bond donors (Lipinski definition) is 2. The molecule has 1 aromatic heterocycles. The van der Waals surface area contributed by atoms with Crippen molar-refractivity contribution in [3.63, 3.8) is 0 Å². The van der Waals surface area contributed by atoms with Crippen molar-refractivity contribution in [2.45, 2.75) is 52.5 Å². The van der Waals surface area contributed by atoms with E-state index in [0.29, 0.717) is 13.2 Å². The van der Waals surface area contributed by atoms with Crippen LogP contribution < -0.4 is 10.7 Å². The summed E-state index contributed by atoms with van der Waals surface area (Å²) < 4.78 is 13.2. The van der Waals surface area contributed by atoms with Gasteiger partial charge in [0, 0.05) is 28.7 Å². The molecule has 2 amide bonds. The SMILES string of the molecule is C=CCn1c(C)c(/C=N\NC(=O)[C@H](COCc2ccccc2)NC(=O)OC(C)(C)C)c2ccccc21. The largest absolute Gasteiger partial charge is 0.444 e. The number of benzene rings is 2. The third-order valence-electron chi connectivity index (χ3n) is 5.36. The summed E-state index contributed by atoms with van der Waals surface area (Å²) >= 11 is 0. The number of fused-ring (bicyclic) bond motifs is 1. The number of nitrogens with zero attached hydrogens (tertiary/aromatic N) is 2. The lowest BCUT2D eigenvalue weighted by Crippen LogP contribution is -2.49. The molecule has 0 spiro atoms. The number of carbonyl (C=O) groups is 2. The average molecular weight is 491 g/mol. The molecule has 0 aliphatic heterocycles. The van der Waals surface area contributed by atoms with Crippen LogP contribution in [0.5, 0.6) is 0 Å². The molecule has 0 saturated heterocycles. The van der Waals surface area contributed by atoms with Crippen molar-refractivity contribution in [2.24, 2.45) is 5.10 Å². The van der Waals surface area contributed by atoms with Crippen molar-refractivity contribution in [3.8, 4) is 0 Å². The molecule has 0 aliphatic carbocycles. The Bertz CT molecular complexity index is 1230. The Kier molecular flexibility index (Phi) is 9.02. The molecule has 8 nitrogen and oxygen atoms in total. The van der Waals surface area contributed by atoms with Crippen molar-refractivity contribution in [1.82, 2.24) is 15.3 Å². The maximum absolute atomic E-state index is 12.9. The summed E-state index contributed by atoms with van der Waals surface area (Å²) in [4.78, 5) is 25.3. The highest BCUT2D eigenvalue weighted by molar-refractivity contribution is 6.01. The number of ether oxygens (including phenoxy) is 2. The highest BCUT2D eigenvalue weighted by atomic mass is 16.6. The Labute approximate surface area is 212 Å². The predicted octanol–water partition coefficient (Wildman–Crippen LogP) is 4.70. The van der Waals surface area contributed by atoms with E-state index in [1.54, 1.807) is 27.0 Å². The summed E-state index contributed by atoms with van der Waals surface area (Å²) in [6.45, 7) is 12.0. The second-order valence-electron chi connectivity index (χ2n) is 9.35. The number of hydrogen-bond acceptors (Lipinski definition) is 5. The normalized spacial score (nSPS) is 12.4. The first-order valence-corrected chi connectivity index (χ1v) is 11.8. The number of allylic oxidation sites excluding steroid dienone is 1. The Balaban J connectivity index is 1.72. The lowest BCUT2D eigenvalue weighted by Gasteiger charge is -2.22. The van der Waals surface area contributed by atoms with Crippen molar-refractivity contribution >= 4 is 29.1 Å². The summed E-state index contributed by atoms with van der Waals surface area (Å²) in [5.74, 6) is -0.516. The minimum Gasteiger partial charge on any atom is -0.444 e. The molecule has 2 N–H and O–H groups in total. The minimum absolute atomic E-state index is 0.0485. The first-order valence-electron chi connectivity index (χ1n) is 11.8. The molecule has 1 atom stereocenters. The molecular weight excluding hydrogens is 456 g/mol. The topological polar surface area (TPSA) is 94.0 Å². The zero-order valence-electron chi connectivity index (χ0n) is 21.3. The molecule has 0 bridgehead atoms. The van der Waals surface area contributed by atoms with Gasteiger partial charge in [-0.2, -0.15) is 5.10 Å². The first-order chi connectivity index (χ1) is 17.2. The molecule has 0 aliphatic rings. The van der Waals surface area contributed by atoms with Gasteiger partial charge in [0.2, 0.25) is 0 Å². The van der Waals surface area contributed by atoms with Gasteiger partial charge in [0.1, 0.15) is 11.6 Å². The quantitative estimate of drug-likeness (QED) is 0.245. The molecule has 0 fully saturated rings. The number of rotatable bonds is 10. The van der Waals surface area contributed by atoms with E-state index in [4.69, 9.17) is 9.47 Å². The van der Waals surface area contributed by atoms with Crippen molar-refractivity contribution in [1.29, 1.82) is 0 Å². The molecule has 1 heterocycles. The molecule has 190 valence electrons. The Hall–Kier alpha value is -3.91. The van der Waals surface area contributed by atoms with Crippen LogP contribution in [0.15, 0.2) is 72.4 Å². The molecule has 0 unspecified atom stereocenters. The summed E-state index contributed by atoms with van der Waals surface area (Å²) in [6.07, 6.45) is 2.74.